The average Bonchev–Trinajstić information content (AvgIpc) is 2.25. The number of carbonyl (C=O) groups is 2. The van der Waals surface area contributed by atoms with E-state index in [0.717, 1.165) is 0 Å². The molecule has 0 aromatic carbocycles. The Morgan fingerprint density at radius 3 is 2.31 bits per heavy atom. The van der Waals surface area contributed by atoms with Crippen molar-refractivity contribution in [3.63, 3.8) is 0 Å². The molecule has 0 aromatic heterocycles. The molecule has 0 radical (unpaired) electrons. The first-order valence-electron chi connectivity index (χ1n) is 4.57. The highest BCUT2D eigenvalue weighted by molar-refractivity contribution is 6.30. The minimum Gasteiger partial charge on any atom is -0.518 e. The number of esters is 1. The van der Waals surface area contributed by atoms with E-state index < -0.39 is 28.0 Å². The average molecular weight is 248 g/mol. The van der Waals surface area contributed by atoms with Crippen LogP contribution in [0.5, 0.6) is 0 Å². The summed E-state index contributed by atoms with van der Waals surface area (Å²) in [6.07, 6.45) is -0.915. The summed E-state index contributed by atoms with van der Waals surface area (Å²) in [6.45, 7) is 4.96. The van der Waals surface area contributed by atoms with Crippen LogP contribution in [-0.4, -0.2) is 48.4 Å². The van der Waals surface area contributed by atoms with Gasteiger partial charge in [-0.3, -0.25) is 0 Å². The Hall–Kier alpha value is -1.18. The fourth-order valence-electron chi connectivity index (χ4n) is 0.757. The van der Waals surface area contributed by atoms with Gasteiger partial charge in [-0.05, 0) is 6.92 Å². The van der Waals surface area contributed by atoms with Gasteiger partial charge < -0.3 is 18.6 Å². The quantitative estimate of drug-likeness (QED) is 0.195. The van der Waals surface area contributed by atoms with E-state index in [-0.39, 0.29) is 6.23 Å². The maximum absolute atomic E-state index is 11.2. The normalized spacial score (nSPS) is 10.8. The van der Waals surface area contributed by atoms with E-state index in [2.05, 4.69) is 16.1 Å². The Bertz CT molecular complexity index is 261. The lowest BCUT2D eigenvalue weighted by Gasteiger charge is -2.12. The third-order valence-electron chi connectivity index (χ3n) is 1.53. The highest BCUT2D eigenvalue weighted by Crippen LogP contribution is 1.95. The van der Waals surface area contributed by atoms with E-state index in [4.69, 9.17) is 9.16 Å². The third-order valence-corrected chi connectivity index (χ3v) is 2.39. The van der Waals surface area contributed by atoms with Crippen molar-refractivity contribution in [2.75, 3.05) is 20.4 Å². The summed E-state index contributed by atoms with van der Waals surface area (Å²) in [5.74, 6) is -1.10. The van der Waals surface area contributed by atoms with Crippen LogP contribution in [0.4, 0.5) is 0 Å². The lowest BCUT2D eigenvalue weighted by molar-refractivity contribution is -0.174. The Labute approximate surface area is 96.4 Å². The molecule has 0 saturated carbocycles. The summed E-state index contributed by atoms with van der Waals surface area (Å²) in [7, 11) is 1.40. The van der Waals surface area contributed by atoms with E-state index in [1.54, 1.807) is 6.92 Å². The Balaban J connectivity index is 3.70. The molecule has 0 fully saturated rings. The molecule has 0 rings (SSSR count). The summed E-state index contributed by atoms with van der Waals surface area (Å²) in [5, 5.41) is 0. The molecule has 0 N–H and O–H groups in total. The molecule has 16 heavy (non-hydrogen) atoms. The highest BCUT2D eigenvalue weighted by Gasteiger charge is 2.17. The van der Waals surface area contributed by atoms with Crippen molar-refractivity contribution in [1.82, 2.24) is 0 Å². The van der Waals surface area contributed by atoms with E-state index in [1.807, 2.05) is 0 Å². The van der Waals surface area contributed by atoms with Crippen molar-refractivity contribution in [2.45, 2.75) is 13.2 Å². The zero-order chi connectivity index (χ0) is 12.6. The van der Waals surface area contributed by atoms with Crippen LogP contribution >= 0.6 is 0 Å². The number of hydrogen-bond donors (Lipinski definition) is 0. The molecule has 0 aliphatic carbocycles. The van der Waals surface area contributed by atoms with Gasteiger partial charge in [0.1, 0.15) is 6.23 Å². The van der Waals surface area contributed by atoms with Crippen molar-refractivity contribution >= 4 is 21.7 Å². The lowest BCUT2D eigenvalue weighted by Crippen LogP contribution is -2.29. The van der Waals surface area contributed by atoms with Crippen molar-refractivity contribution in [3.05, 3.63) is 12.2 Å². The molecule has 0 atom stereocenters. The largest absolute Gasteiger partial charge is 0.518 e. The van der Waals surface area contributed by atoms with Gasteiger partial charge in [-0.15, -0.1) is 0 Å². The molecule has 6 nitrogen and oxygen atoms in total. The minimum atomic E-state index is -1.27. The number of rotatable bonds is 7. The molecule has 0 aliphatic heterocycles. The fourth-order valence-corrected chi connectivity index (χ4v) is 1.45. The molecule has 0 aromatic rings. The van der Waals surface area contributed by atoms with Crippen molar-refractivity contribution in [3.8, 4) is 0 Å². The Kier molecular flexibility index (Phi) is 7.43. The van der Waals surface area contributed by atoms with Crippen LogP contribution in [0.15, 0.2) is 12.2 Å². The second-order valence-corrected chi connectivity index (χ2v) is 3.99. The van der Waals surface area contributed by atoms with Gasteiger partial charge in [0.25, 0.3) is 16.1 Å². The van der Waals surface area contributed by atoms with Gasteiger partial charge in [-0.25, -0.2) is 9.59 Å². The second-order valence-electron chi connectivity index (χ2n) is 2.89. The first-order valence-corrected chi connectivity index (χ1v) is 6.15. The second kappa shape index (κ2) is 8.03. The highest BCUT2D eigenvalue weighted by atomic mass is 28.2. The third kappa shape index (κ3) is 5.64. The summed E-state index contributed by atoms with van der Waals surface area (Å²) < 4.78 is 19.0. The molecule has 0 amide bonds. The van der Waals surface area contributed by atoms with Gasteiger partial charge >= 0.3 is 11.9 Å². The Morgan fingerprint density at radius 2 is 1.88 bits per heavy atom. The molecule has 0 bridgehead atoms. The van der Waals surface area contributed by atoms with E-state index >= 15 is 0 Å². The van der Waals surface area contributed by atoms with Crippen LogP contribution in [0.2, 0.25) is 0 Å². The SMILES string of the molecule is C=C(C)C(=O)OC[SiH2]OC(=O)C(OC)OC. The van der Waals surface area contributed by atoms with Gasteiger partial charge in [0, 0.05) is 19.8 Å². The smallest absolute Gasteiger partial charge is 0.349 e. The molecule has 0 saturated heterocycles. The van der Waals surface area contributed by atoms with Crippen LogP contribution in [0.1, 0.15) is 6.92 Å². The Morgan fingerprint density at radius 1 is 1.31 bits per heavy atom. The first-order chi connectivity index (χ1) is 7.52. The summed E-state index contributed by atoms with van der Waals surface area (Å²) in [4.78, 5) is 22.1. The van der Waals surface area contributed by atoms with E-state index in [1.165, 1.54) is 14.2 Å². The predicted molar refractivity (Wildman–Crippen MR) is 58.2 cm³/mol. The standard InChI is InChI=1S/C9H16O6Si/c1-6(2)7(10)14-5-16-15-8(11)9(12-3)13-4/h9H,1,5,16H2,2-4H3. The van der Waals surface area contributed by atoms with Crippen LogP contribution in [-0.2, 0) is 28.2 Å². The van der Waals surface area contributed by atoms with Gasteiger partial charge in [-0.1, -0.05) is 6.58 Å². The van der Waals surface area contributed by atoms with Crippen molar-refractivity contribution < 1.29 is 28.2 Å². The fraction of sp³-hybridized carbons (Fsp3) is 0.556. The molecule has 0 aliphatic rings. The van der Waals surface area contributed by atoms with Crippen LogP contribution in [0, 0.1) is 0 Å². The maximum Gasteiger partial charge on any atom is 0.349 e. The molecule has 7 heteroatoms. The van der Waals surface area contributed by atoms with Gasteiger partial charge in [0.2, 0.25) is 0 Å². The van der Waals surface area contributed by atoms with Crippen LogP contribution in [0.3, 0.4) is 0 Å². The van der Waals surface area contributed by atoms with Crippen molar-refractivity contribution in [2.24, 2.45) is 0 Å². The van der Waals surface area contributed by atoms with E-state index in [0.29, 0.717) is 5.57 Å². The minimum absolute atomic E-state index is 0.109. The lowest BCUT2D eigenvalue weighted by atomic mass is 10.4. The molecular formula is C9H16O6Si. The van der Waals surface area contributed by atoms with Gasteiger partial charge in [-0.2, -0.15) is 0 Å². The zero-order valence-corrected chi connectivity index (χ0v) is 11.1. The molecule has 0 unspecified atom stereocenters. The molecule has 0 spiro atoms. The molecular weight excluding hydrogens is 232 g/mol. The summed E-state index contributed by atoms with van der Waals surface area (Å²) in [5.41, 5.74) is 0.312. The maximum atomic E-state index is 11.2. The number of carbonyl (C=O) groups excluding carboxylic acids is 2. The van der Waals surface area contributed by atoms with Gasteiger partial charge in [0.05, 0.1) is 0 Å². The number of ether oxygens (including phenoxy) is 3. The first kappa shape index (κ1) is 14.8. The van der Waals surface area contributed by atoms with E-state index in [9.17, 15) is 9.59 Å². The number of methoxy groups -OCH3 is 2. The summed E-state index contributed by atoms with van der Waals surface area (Å²) in [6, 6.07) is 0. The monoisotopic (exact) mass is 248 g/mol. The van der Waals surface area contributed by atoms with Crippen LogP contribution in [0.25, 0.3) is 0 Å². The predicted octanol–water partition coefficient (Wildman–Crippen LogP) is -0.691. The summed E-state index contributed by atoms with van der Waals surface area (Å²) >= 11 is 0. The zero-order valence-electron chi connectivity index (χ0n) is 9.65. The van der Waals surface area contributed by atoms with Crippen LogP contribution < -0.4 is 0 Å². The van der Waals surface area contributed by atoms with Crippen molar-refractivity contribution in [1.29, 1.82) is 0 Å². The molecule has 92 valence electrons. The number of hydrogen-bond acceptors (Lipinski definition) is 6. The van der Waals surface area contributed by atoms with Gasteiger partial charge in [0.15, 0.2) is 0 Å². The topological polar surface area (TPSA) is 71.1 Å². The molecule has 0 heterocycles.